The van der Waals surface area contributed by atoms with E-state index in [0.717, 1.165) is 56.5 Å². The summed E-state index contributed by atoms with van der Waals surface area (Å²) in [5.74, 6) is 0.155. The quantitative estimate of drug-likeness (QED) is 0.429. The maximum Gasteiger partial charge on any atom is 0.250 e. The Kier molecular flexibility index (Phi) is 6.37. The number of rotatable bonds is 7. The van der Waals surface area contributed by atoms with Crippen LogP contribution in [0.15, 0.2) is 55.1 Å². The second kappa shape index (κ2) is 9.91. The van der Waals surface area contributed by atoms with Gasteiger partial charge in [-0.3, -0.25) is 14.7 Å². The van der Waals surface area contributed by atoms with Crippen molar-refractivity contribution < 1.29 is 4.79 Å². The fourth-order valence-electron chi connectivity index (χ4n) is 4.56. The number of fused-ring (bicyclic) bond motifs is 1. The van der Waals surface area contributed by atoms with E-state index in [1.165, 1.54) is 5.56 Å². The number of H-pyrrole nitrogens is 1. The molecule has 4 aromatic rings. The van der Waals surface area contributed by atoms with Crippen LogP contribution in [0.1, 0.15) is 27.9 Å². The van der Waals surface area contributed by atoms with Crippen molar-refractivity contribution in [3.05, 3.63) is 71.8 Å². The van der Waals surface area contributed by atoms with E-state index in [4.69, 9.17) is 5.73 Å². The number of nitrogens with two attached hydrogens (primary N) is 1. The molecule has 0 bridgehead atoms. The van der Waals surface area contributed by atoms with Crippen molar-refractivity contribution in [3.8, 4) is 17.3 Å². The van der Waals surface area contributed by atoms with E-state index < -0.39 is 5.91 Å². The summed E-state index contributed by atoms with van der Waals surface area (Å²) < 4.78 is 0. The Morgan fingerprint density at radius 2 is 1.91 bits per heavy atom. The second-order valence-corrected chi connectivity index (χ2v) is 8.65. The normalized spacial score (nSPS) is 14.2. The number of benzene rings is 1. The highest BCUT2D eigenvalue weighted by molar-refractivity contribution is 5.98. The number of nitriles is 1. The number of nitrogens with one attached hydrogen (secondary N) is 1. The number of carbonyl (C=O) groups excluding carboxylic acids is 1. The average Bonchev–Trinajstić information content (AvgIpc) is 3.31. The lowest BCUT2D eigenvalue weighted by Crippen LogP contribution is -2.47. The number of nitrogens with zero attached hydrogens (tertiary/aromatic N) is 6. The van der Waals surface area contributed by atoms with Gasteiger partial charge in [-0.15, -0.1) is 0 Å². The Morgan fingerprint density at radius 1 is 1.11 bits per heavy atom. The number of amides is 1. The summed E-state index contributed by atoms with van der Waals surface area (Å²) in [5.41, 5.74) is 10.0. The average molecular weight is 467 g/mol. The Hall–Kier alpha value is -4.29. The number of piperazine rings is 1. The van der Waals surface area contributed by atoms with Gasteiger partial charge >= 0.3 is 0 Å². The molecule has 1 fully saturated rings. The van der Waals surface area contributed by atoms with Crippen molar-refractivity contribution in [3.63, 3.8) is 0 Å². The molecule has 1 aromatic carbocycles. The summed E-state index contributed by atoms with van der Waals surface area (Å²) in [6.45, 7) is 4.63. The maximum atomic E-state index is 11.7. The molecule has 1 aliphatic rings. The fourth-order valence-corrected chi connectivity index (χ4v) is 4.56. The standard InChI is InChI=1S/C26H26N8O/c27-14-18-5-6-23-22(13-18)19(15-30-23)3-2-8-33-9-11-34(12-10-33)26-31-16-20(17-32-26)24-21(25(28)35)4-1-7-29-24/h1,4-7,13,15-17,30H,2-3,8-12H2,(H2,28,35). The zero-order chi connectivity index (χ0) is 24.2. The third kappa shape index (κ3) is 4.83. The summed E-state index contributed by atoms with van der Waals surface area (Å²) in [7, 11) is 0. The molecular weight excluding hydrogens is 440 g/mol. The van der Waals surface area contributed by atoms with Gasteiger partial charge in [-0.05, 0) is 55.3 Å². The Morgan fingerprint density at radius 3 is 2.66 bits per heavy atom. The molecule has 1 amide bonds. The van der Waals surface area contributed by atoms with Crippen LogP contribution >= 0.6 is 0 Å². The lowest BCUT2D eigenvalue weighted by atomic mass is 10.1. The van der Waals surface area contributed by atoms with Crippen LogP contribution in [-0.4, -0.2) is 63.5 Å². The van der Waals surface area contributed by atoms with Crippen molar-refractivity contribution in [2.75, 3.05) is 37.6 Å². The number of hydrogen-bond donors (Lipinski definition) is 2. The summed E-state index contributed by atoms with van der Waals surface area (Å²) in [5, 5.41) is 10.3. The van der Waals surface area contributed by atoms with Crippen LogP contribution in [0.3, 0.4) is 0 Å². The third-order valence-electron chi connectivity index (χ3n) is 6.46. The van der Waals surface area contributed by atoms with Crippen molar-refractivity contribution in [1.29, 1.82) is 5.26 Å². The van der Waals surface area contributed by atoms with E-state index in [9.17, 15) is 10.1 Å². The first kappa shape index (κ1) is 22.5. The fraction of sp³-hybridized carbons (Fsp3) is 0.269. The molecule has 35 heavy (non-hydrogen) atoms. The number of hydrogen-bond acceptors (Lipinski definition) is 7. The van der Waals surface area contributed by atoms with E-state index in [1.54, 1.807) is 30.7 Å². The molecule has 0 saturated carbocycles. The van der Waals surface area contributed by atoms with Gasteiger partial charge in [0.2, 0.25) is 5.95 Å². The van der Waals surface area contributed by atoms with Gasteiger partial charge < -0.3 is 15.6 Å². The highest BCUT2D eigenvalue weighted by Gasteiger charge is 2.19. The predicted octanol–water partition coefficient (Wildman–Crippen LogP) is 2.75. The molecule has 4 heterocycles. The first-order valence-electron chi connectivity index (χ1n) is 11.7. The van der Waals surface area contributed by atoms with Crippen LogP contribution < -0.4 is 10.6 Å². The van der Waals surface area contributed by atoms with Crippen LogP contribution in [0.4, 0.5) is 5.95 Å². The Bertz CT molecular complexity index is 1380. The predicted molar refractivity (Wildman–Crippen MR) is 134 cm³/mol. The minimum atomic E-state index is -0.523. The number of aryl methyl sites for hydroxylation is 1. The maximum absolute atomic E-state index is 11.7. The lowest BCUT2D eigenvalue weighted by molar-refractivity contribution is 0.100. The molecule has 1 aliphatic heterocycles. The highest BCUT2D eigenvalue weighted by Crippen LogP contribution is 2.22. The monoisotopic (exact) mass is 466 g/mol. The van der Waals surface area contributed by atoms with Crippen molar-refractivity contribution in [2.24, 2.45) is 5.73 Å². The molecule has 0 spiro atoms. The van der Waals surface area contributed by atoms with Gasteiger partial charge in [0.15, 0.2) is 0 Å². The molecule has 9 nitrogen and oxygen atoms in total. The number of aromatic amines is 1. The van der Waals surface area contributed by atoms with Crippen LogP contribution in [0.2, 0.25) is 0 Å². The van der Waals surface area contributed by atoms with Crippen LogP contribution in [0, 0.1) is 11.3 Å². The number of aromatic nitrogens is 4. The van der Waals surface area contributed by atoms with Gasteiger partial charge in [0, 0.05) is 67.4 Å². The zero-order valence-corrected chi connectivity index (χ0v) is 19.3. The summed E-state index contributed by atoms with van der Waals surface area (Å²) in [6, 6.07) is 11.3. The number of carbonyl (C=O) groups is 1. The van der Waals surface area contributed by atoms with Crippen LogP contribution in [-0.2, 0) is 6.42 Å². The molecule has 5 rings (SSSR count). The van der Waals surface area contributed by atoms with Gasteiger partial charge in [-0.25, -0.2) is 9.97 Å². The van der Waals surface area contributed by atoms with Gasteiger partial charge in [0.25, 0.3) is 5.91 Å². The molecule has 0 atom stereocenters. The molecule has 3 N–H and O–H groups in total. The van der Waals surface area contributed by atoms with Gasteiger partial charge in [-0.1, -0.05) is 0 Å². The van der Waals surface area contributed by atoms with Gasteiger partial charge in [0.05, 0.1) is 22.9 Å². The number of primary amides is 1. The topological polar surface area (TPSA) is 128 Å². The molecule has 9 heteroatoms. The molecule has 1 saturated heterocycles. The SMILES string of the molecule is N#Cc1ccc2[nH]cc(CCCN3CCN(c4ncc(-c5ncccc5C(N)=O)cn4)CC3)c2c1. The van der Waals surface area contributed by atoms with Gasteiger partial charge in [0.1, 0.15) is 0 Å². The first-order chi connectivity index (χ1) is 17.1. The van der Waals surface area contributed by atoms with Crippen molar-refractivity contribution >= 4 is 22.8 Å². The number of anilines is 1. The molecule has 0 radical (unpaired) electrons. The van der Waals surface area contributed by atoms with Crippen LogP contribution in [0.25, 0.3) is 22.2 Å². The molecule has 0 unspecified atom stereocenters. The van der Waals surface area contributed by atoms with E-state index in [0.29, 0.717) is 28.3 Å². The van der Waals surface area contributed by atoms with Gasteiger partial charge in [-0.2, -0.15) is 5.26 Å². The van der Waals surface area contributed by atoms with E-state index in [1.807, 2.05) is 18.2 Å². The molecular formula is C26H26N8O. The zero-order valence-electron chi connectivity index (χ0n) is 19.3. The van der Waals surface area contributed by atoms with E-state index >= 15 is 0 Å². The first-order valence-corrected chi connectivity index (χ1v) is 11.7. The Balaban J connectivity index is 1.14. The Labute approximate surface area is 203 Å². The molecule has 3 aromatic heterocycles. The van der Waals surface area contributed by atoms with Crippen LogP contribution in [0.5, 0.6) is 0 Å². The highest BCUT2D eigenvalue weighted by atomic mass is 16.1. The molecule has 0 aliphatic carbocycles. The second-order valence-electron chi connectivity index (χ2n) is 8.65. The van der Waals surface area contributed by atoms with E-state index in [-0.39, 0.29) is 0 Å². The molecule has 176 valence electrons. The third-order valence-corrected chi connectivity index (χ3v) is 6.46. The smallest absolute Gasteiger partial charge is 0.250 e. The van der Waals surface area contributed by atoms with E-state index in [2.05, 4.69) is 42.0 Å². The summed E-state index contributed by atoms with van der Waals surface area (Å²) >= 11 is 0. The van der Waals surface area contributed by atoms with Crippen molar-refractivity contribution in [2.45, 2.75) is 12.8 Å². The summed E-state index contributed by atoms with van der Waals surface area (Å²) in [4.78, 5) is 32.9. The number of pyridine rings is 1. The minimum Gasteiger partial charge on any atom is -0.366 e. The largest absolute Gasteiger partial charge is 0.366 e. The minimum absolute atomic E-state index is 0.357. The lowest BCUT2D eigenvalue weighted by Gasteiger charge is -2.34. The summed E-state index contributed by atoms with van der Waals surface area (Å²) in [6.07, 6.45) is 9.10. The van der Waals surface area contributed by atoms with Crippen molar-refractivity contribution in [1.82, 2.24) is 24.8 Å².